The standard InChI is InChI=1S/C12H22N4O/c1-4-5-15-11(17)7-16-8-14-6-10(16)12(13)9(2)3/h6,8-9,12H,4-5,7,13H2,1-3H3,(H,15,17). The lowest BCUT2D eigenvalue weighted by molar-refractivity contribution is -0.121. The molecule has 1 heterocycles. The van der Waals surface area contributed by atoms with Crippen LogP contribution in [0.5, 0.6) is 0 Å². The topological polar surface area (TPSA) is 72.9 Å². The molecule has 96 valence electrons. The lowest BCUT2D eigenvalue weighted by Gasteiger charge is -2.17. The van der Waals surface area contributed by atoms with E-state index in [9.17, 15) is 4.79 Å². The van der Waals surface area contributed by atoms with Gasteiger partial charge in [-0.15, -0.1) is 0 Å². The summed E-state index contributed by atoms with van der Waals surface area (Å²) >= 11 is 0. The van der Waals surface area contributed by atoms with Gasteiger partial charge in [0, 0.05) is 18.8 Å². The normalized spacial score (nSPS) is 12.8. The predicted octanol–water partition coefficient (Wildman–Crippen LogP) is 1.07. The Balaban J connectivity index is 2.66. The molecule has 0 spiro atoms. The molecule has 0 saturated heterocycles. The van der Waals surface area contributed by atoms with Gasteiger partial charge in [-0.25, -0.2) is 4.98 Å². The highest BCUT2D eigenvalue weighted by molar-refractivity contribution is 5.75. The first-order chi connectivity index (χ1) is 8.06. The summed E-state index contributed by atoms with van der Waals surface area (Å²) in [6.07, 6.45) is 4.33. The minimum absolute atomic E-state index is 0.00190. The van der Waals surface area contributed by atoms with Gasteiger partial charge in [0.05, 0.1) is 12.0 Å². The van der Waals surface area contributed by atoms with Crippen molar-refractivity contribution >= 4 is 5.91 Å². The first kappa shape index (κ1) is 13.7. The molecule has 17 heavy (non-hydrogen) atoms. The Kier molecular flexibility index (Phi) is 5.15. The summed E-state index contributed by atoms with van der Waals surface area (Å²) in [5, 5.41) is 2.84. The zero-order chi connectivity index (χ0) is 12.8. The summed E-state index contributed by atoms with van der Waals surface area (Å²) in [6.45, 7) is 7.13. The van der Waals surface area contributed by atoms with Gasteiger partial charge < -0.3 is 15.6 Å². The van der Waals surface area contributed by atoms with Gasteiger partial charge >= 0.3 is 0 Å². The number of nitrogens with one attached hydrogen (secondary N) is 1. The molecular weight excluding hydrogens is 216 g/mol. The number of rotatable bonds is 6. The smallest absolute Gasteiger partial charge is 0.239 e. The minimum Gasteiger partial charge on any atom is -0.355 e. The zero-order valence-corrected chi connectivity index (χ0v) is 10.8. The van der Waals surface area contributed by atoms with Gasteiger partial charge in [-0.3, -0.25) is 4.79 Å². The molecule has 0 saturated carbocycles. The van der Waals surface area contributed by atoms with Crippen molar-refractivity contribution < 1.29 is 4.79 Å². The Labute approximate surface area is 102 Å². The Morgan fingerprint density at radius 1 is 1.59 bits per heavy atom. The first-order valence-corrected chi connectivity index (χ1v) is 6.08. The first-order valence-electron chi connectivity index (χ1n) is 6.08. The highest BCUT2D eigenvalue weighted by atomic mass is 16.1. The van der Waals surface area contributed by atoms with E-state index in [1.165, 1.54) is 0 Å². The molecule has 1 aromatic heterocycles. The quantitative estimate of drug-likeness (QED) is 0.778. The second-order valence-electron chi connectivity index (χ2n) is 4.57. The van der Waals surface area contributed by atoms with Crippen molar-refractivity contribution in [1.29, 1.82) is 0 Å². The van der Waals surface area contributed by atoms with Gasteiger partial charge in [0.1, 0.15) is 6.54 Å². The molecule has 0 aliphatic rings. The summed E-state index contributed by atoms with van der Waals surface area (Å²) in [4.78, 5) is 15.7. The number of aromatic nitrogens is 2. The van der Waals surface area contributed by atoms with E-state index in [1.807, 2.05) is 11.5 Å². The number of nitrogens with two attached hydrogens (primary N) is 1. The molecule has 1 aromatic rings. The van der Waals surface area contributed by atoms with Crippen molar-refractivity contribution in [3.8, 4) is 0 Å². The molecule has 1 unspecified atom stereocenters. The zero-order valence-electron chi connectivity index (χ0n) is 10.8. The Bertz CT molecular complexity index is 359. The molecule has 0 fully saturated rings. The molecule has 0 radical (unpaired) electrons. The SMILES string of the molecule is CCCNC(=O)Cn1cncc1C(N)C(C)C. The van der Waals surface area contributed by atoms with Crippen LogP contribution in [-0.4, -0.2) is 22.0 Å². The summed E-state index contributed by atoms with van der Waals surface area (Å²) in [6, 6.07) is -0.0866. The second-order valence-corrected chi connectivity index (χ2v) is 4.57. The van der Waals surface area contributed by atoms with Crippen LogP contribution in [0.1, 0.15) is 38.9 Å². The van der Waals surface area contributed by atoms with Gasteiger partial charge in [-0.1, -0.05) is 20.8 Å². The van der Waals surface area contributed by atoms with Crippen LogP contribution in [-0.2, 0) is 11.3 Å². The van der Waals surface area contributed by atoms with Crippen LogP contribution in [0.4, 0.5) is 0 Å². The molecule has 1 rings (SSSR count). The lowest BCUT2D eigenvalue weighted by Crippen LogP contribution is -2.30. The molecule has 5 nitrogen and oxygen atoms in total. The van der Waals surface area contributed by atoms with Crippen molar-refractivity contribution in [1.82, 2.24) is 14.9 Å². The van der Waals surface area contributed by atoms with Gasteiger partial charge in [0.2, 0.25) is 5.91 Å². The van der Waals surface area contributed by atoms with Crippen LogP contribution in [0.3, 0.4) is 0 Å². The second kappa shape index (κ2) is 6.39. The number of hydrogen-bond acceptors (Lipinski definition) is 3. The molecular formula is C12H22N4O. The Morgan fingerprint density at radius 2 is 2.29 bits per heavy atom. The average molecular weight is 238 g/mol. The largest absolute Gasteiger partial charge is 0.355 e. The summed E-state index contributed by atoms with van der Waals surface area (Å²) in [5.74, 6) is 0.325. The monoisotopic (exact) mass is 238 g/mol. The van der Waals surface area contributed by atoms with Gasteiger partial charge in [-0.05, 0) is 12.3 Å². The van der Waals surface area contributed by atoms with Gasteiger partial charge in [0.25, 0.3) is 0 Å². The minimum atomic E-state index is -0.0866. The van der Waals surface area contributed by atoms with Crippen LogP contribution < -0.4 is 11.1 Å². The fourth-order valence-electron chi connectivity index (χ4n) is 1.56. The number of amides is 1. The van der Waals surface area contributed by atoms with Crippen molar-refractivity contribution in [2.45, 2.75) is 39.8 Å². The predicted molar refractivity (Wildman–Crippen MR) is 67.3 cm³/mol. The van der Waals surface area contributed by atoms with Crippen molar-refractivity contribution in [3.05, 3.63) is 18.2 Å². The number of hydrogen-bond donors (Lipinski definition) is 2. The molecule has 0 aliphatic heterocycles. The maximum Gasteiger partial charge on any atom is 0.239 e. The van der Waals surface area contributed by atoms with Crippen molar-refractivity contribution in [2.24, 2.45) is 11.7 Å². The third-order valence-corrected chi connectivity index (χ3v) is 2.69. The van der Waals surface area contributed by atoms with Gasteiger partial charge in [0.15, 0.2) is 0 Å². The van der Waals surface area contributed by atoms with E-state index in [2.05, 4.69) is 24.1 Å². The van der Waals surface area contributed by atoms with E-state index in [-0.39, 0.29) is 18.5 Å². The fraction of sp³-hybridized carbons (Fsp3) is 0.667. The Hall–Kier alpha value is -1.36. The highest BCUT2D eigenvalue weighted by Gasteiger charge is 2.16. The van der Waals surface area contributed by atoms with Crippen LogP contribution in [0, 0.1) is 5.92 Å². The Morgan fingerprint density at radius 3 is 2.88 bits per heavy atom. The molecule has 3 N–H and O–H groups in total. The summed E-state index contributed by atoms with van der Waals surface area (Å²) in [5.41, 5.74) is 6.98. The molecule has 0 bridgehead atoms. The molecule has 1 amide bonds. The average Bonchev–Trinajstić information content (AvgIpc) is 2.73. The lowest BCUT2D eigenvalue weighted by atomic mass is 10.0. The van der Waals surface area contributed by atoms with Crippen LogP contribution in [0.25, 0.3) is 0 Å². The van der Waals surface area contributed by atoms with E-state index < -0.39 is 0 Å². The molecule has 0 aromatic carbocycles. The molecule has 0 aliphatic carbocycles. The molecule has 5 heteroatoms. The maximum absolute atomic E-state index is 11.6. The summed E-state index contributed by atoms with van der Waals surface area (Å²) in [7, 11) is 0. The van der Waals surface area contributed by atoms with Crippen molar-refractivity contribution in [3.63, 3.8) is 0 Å². The van der Waals surface area contributed by atoms with Crippen LogP contribution in [0.2, 0.25) is 0 Å². The van der Waals surface area contributed by atoms with Crippen molar-refractivity contribution in [2.75, 3.05) is 6.54 Å². The van der Waals surface area contributed by atoms with E-state index >= 15 is 0 Å². The number of carbonyl (C=O) groups excluding carboxylic acids is 1. The van der Waals surface area contributed by atoms with E-state index in [0.29, 0.717) is 12.5 Å². The maximum atomic E-state index is 11.6. The highest BCUT2D eigenvalue weighted by Crippen LogP contribution is 2.17. The molecule has 1 atom stereocenters. The fourth-order valence-corrected chi connectivity index (χ4v) is 1.56. The number of carbonyl (C=O) groups is 1. The van der Waals surface area contributed by atoms with E-state index in [0.717, 1.165) is 12.1 Å². The van der Waals surface area contributed by atoms with E-state index in [1.54, 1.807) is 12.5 Å². The van der Waals surface area contributed by atoms with Crippen LogP contribution in [0.15, 0.2) is 12.5 Å². The van der Waals surface area contributed by atoms with E-state index in [4.69, 9.17) is 5.73 Å². The van der Waals surface area contributed by atoms with Crippen LogP contribution >= 0.6 is 0 Å². The third-order valence-electron chi connectivity index (χ3n) is 2.69. The van der Waals surface area contributed by atoms with Gasteiger partial charge in [-0.2, -0.15) is 0 Å². The number of imidazole rings is 1. The third kappa shape index (κ3) is 3.85. The summed E-state index contributed by atoms with van der Waals surface area (Å²) < 4.78 is 1.82. The number of nitrogens with zero attached hydrogens (tertiary/aromatic N) is 2.